The maximum atomic E-state index is 8.41. The van der Waals surface area contributed by atoms with E-state index in [-0.39, 0.29) is 5.60 Å². The summed E-state index contributed by atoms with van der Waals surface area (Å²) >= 11 is 0. The lowest BCUT2D eigenvalue weighted by molar-refractivity contribution is 0.0415. The molecule has 0 saturated heterocycles. The summed E-state index contributed by atoms with van der Waals surface area (Å²) < 4.78 is 5.62. The summed E-state index contributed by atoms with van der Waals surface area (Å²) in [5, 5.41) is 14.9. The fraction of sp³-hybridized carbons (Fsp3) is 0.842. The summed E-state index contributed by atoms with van der Waals surface area (Å²) in [6.45, 7) is 12.8. The molecule has 23 heavy (non-hydrogen) atoms. The Kier molecular flexibility index (Phi) is 13.6. The third-order valence-electron chi connectivity index (χ3n) is 3.45. The minimum atomic E-state index is -0.171. The lowest BCUT2D eigenvalue weighted by atomic mass is 10.1. The first kappa shape index (κ1) is 21.8. The van der Waals surface area contributed by atoms with Crippen LogP contribution in [-0.4, -0.2) is 25.2 Å². The van der Waals surface area contributed by atoms with Crippen LogP contribution < -0.4 is 10.6 Å². The van der Waals surface area contributed by atoms with Crippen LogP contribution in [0.4, 0.5) is 0 Å². The van der Waals surface area contributed by atoms with Gasteiger partial charge in [0.2, 0.25) is 0 Å². The molecule has 0 amide bonds. The number of rotatable bonds is 15. The number of hydrogen-bond acceptors (Lipinski definition) is 4. The van der Waals surface area contributed by atoms with Crippen molar-refractivity contribution in [2.45, 2.75) is 84.2 Å². The molecule has 0 atom stereocenters. The molecular formula is C19H37N3O. The Morgan fingerprint density at radius 1 is 0.913 bits per heavy atom. The SMILES string of the molecule is C=C(NCCCCCCCCCCNCCC#N)OC(C)(C)C. The van der Waals surface area contributed by atoms with Crippen LogP contribution in [0.2, 0.25) is 0 Å². The lowest BCUT2D eigenvalue weighted by Gasteiger charge is -2.23. The van der Waals surface area contributed by atoms with E-state index in [1.807, 2.05) is 20.8 Å². The topological polar surface area (TPSA) is 57.1 Å². The average molecular weight is 324 g/mol. The first-order valence-corrected chi connectivity index (χ1v) is 9.15. The Bertz CT molecular complexity index is 328. The van der Waals surface area contributed by atoms with Gasteiger partial charge in [0.25, 0.3) is 0 Å². The quantitative estimate of drug-likeness (QED) is 0.344. The van der Waals surface area contributed by atoms with Crippen molar-refractivity contribution in [1.82, 2.24) is 10.6 Å². The summed E-state index contributed by atoms with van der Waals surface area (Å²) in [6.07, 6.45) is 10.9. The van der Waals surface area contributed by atoms with Gasteiger partial charge in [0.15, 0.2) is 5.88 Å². The Labute approximate surface area is 143 Å². The second kappa shape index (κ2) is 14.4. The number of unbranched alkanes of at least 4 members (excludes halogenated alkanes) is 7. The third kappa shape index (κ3) is 18.7. The Balaban J connectivity index is 3.17. The van der Waals surface area contributed by atoms with E-state index in [0.717, 1.165) is 19.6 Å². The van der Waals surface area contributed by atoms with E-state index in [0.29, 0.717) is 12.3 Å². The van der Waals surface area contributed by atoms with E-state index in [1.54, 1.807) is 0 Å². The van der Waals surface area contributed by atoms with Gasteiger partial charge in [-0.25, -0.2) is 0 Å². The highest BCUT2D eigenvalue weighted by molar-refractivity contribution is 4.82. The van der Waals surface area contributed by atoms with Crippen LogP contribution in [0.25, 0.3) is 0 Å². The monoisotopic (exact) mass is 323 g/mol. The molecule has 0 bridgehead atoms. The molecular weight excluding hydrogens is 286 g/mol. The predicted octanol–water partition coefficient (Wildman–Crippen LogP) is 4.49. The van der Waals surface area contributed by atoms with Crippen LogP contribution in [0, 0.1) is 11.3 Å². The van der Waals surface area contributed by atoms with Crippen molar-refractivity contribution in [2.24, 2.45) is 0 Å². The fourth-order valence-electron chi connectivity index (χ4n) is 2.34. The summed E-state index contributed by atoms with van der Waals surface area (Å²) in [5.41, 5.74) is -0.171. The summed E-state index contributed by atoms with van der Waals surface area (Å²) in [5.74, 6) is 0.681. The summed E-state index contributed by atoms with van der Waals surface area (Å²) in [4.78, 5) is 0. The van der Waals surface area contributed by atoms with Gasteiger partial charge in [-0.05, 0) is 46.7 Å². The van der Waals surface area contributed by atoms with Gasteiger partial charge in [-0.1, -0.05) is 38.5 Å². The van der Waals surface area contributed by atoms with Crippen molar-refractivity contribution in [2.75, 3.05) is 19.6 Å². The molecule has 0 aromatic carbocycles. The molecule has 4 heteroatoms. The zero-order chi connectivity index (χ0) is 17.4. The van der Waals surface area contributed by atoms with Crippen molar-refractivity contribution < 1.29 is 4.74 Å². The number of hydrogen-bond donors (Lipinski definition) is 2. The number of nitrogens with zero attached hydrogens (tertiary/aromatic N) is 1. The maximum absolute atomic E-state index is 8.41. The van der Waals surface area contributed by atoms with Crippen LogP contribution >= 0.6 is 0 Å². The van der Waals surface area contributed by atoms with Gasteiger partial charge in [-0.15, -0.1) is 0 Å². The Hall–Kier alpha value is -1.21. The van der Waals surface area contributed by atoms with Gasteiger partial charge in [-0.2, -0.15) is 5.26 Å². The van der Waals surface area contributed by atoms with Crippen molar-refractivity contribution in [3.63, 3.8) is 0 Å². The molecule has 0 radical (unpaired) electrons. The van der Waals surface area contributed by atoms with E-state index in [4.69, 9.17) is 10.00 Å². The Morgan fingerprint density at radius 2 is 1.43 bits per heavy atom. The van der Waals surface area contributed by atoms with Crippen molar-refractivity contribution in [1.29, 1.82) is 5.26 Å². The van der Waals surface area contributed by atoms with Gasteiger partial charge < -0.3 is 15.4 Å². The van der Waals surface area contributed by atoms with E-state index < -0.39 is 0 Å². The molecule has 0 aromatic rings. The number of ether oxygens (including phenoxy) is 1. The number of nitrogens with one attached hydrogen (secondary N) is 2. The summed E-state index contributed by atoms with van der Waals surface area (Å²) in [7, 11) is 0. The molecule has 0 spiro atoms. The molecule has 4 nitrogen and oxygen atoms in total. The maximum Gasteiger partial charge on any atom is 0.179 e. The van der Waals surface area contributed by atoms with Gasteiger partial charge in [0.05, 0.1) is 6.07 Å². The van der Waals surface area contributed by atoms with E-state index >= 15 is 0 Å². The highest BCUT2D eigenvalue weighted by Crippen LogP contribution is 2.11. The van der Waals surface area contributed by atoms with Crippen molar-refractivity contribution in [3.05, 3.63) is 12.5 Å². The highest BCUT2D eigenvalue weighted by Gasteiger charge is 2.11. The first-order chi connectivity index (χ1) is 11.0. The van der Waals surface area contributed by atoms with Crippen LogP contribution in [0.15, 0.2) is 12.5 Å². The zero-order valence-corrected chi connectivity index (χ0v) is 15.5. The zero-order valence-electron chi connectivity index (χ0n) is 15.5. The average Bonchev–Trinajstić information content (AvgIpc) is 2.46. The first-order valence-electron chi connectivity index (χ1n) is 9.15. The number of nitriles is 1. The molecule has 0 rings (SSSR count). The molecule has 0 saturated carbocycles. The van der Waals surface area contributed by atoms with E-state index in [2.05, 4.69) is 23.3 Å². The third-order valence-corrected chi connectivity index (χ3v) is 3.45. The lowest BCUT2D eigenvalue weighted by Crippen LogP contribution is -2.25. The molecule has 0 unspecified atom stereocenters. The van der Waals surface area contributed by atoms with Gasteiger partial charge in [-0.3, -0.25) is 0 Å². The molecule has 2 N–H and O–H groups in total. The fourth-order valence-corrected chi connectivity index (χ4v) is 2.34. The second-order valence-corrected chi connectivity index (χ2v) is 7.05. The van der Waals surface area contributed by atoms with E-state index in [9.17, 15) is 0 Å². The molecule has 0 fully saturated rings. The minimum absolute atomic E-state index is 0.171. The van der Waals surface area contributed by atoms with Crippen LogP contribution in [0.1, 0.15) is 78.6 Å². The van der Waals surface area contributed by atoms with Crippen molar-refractivity contribution >= 4 is 0 Å². The standard InChI is InChI=1S/C19H37N3O/c1-18(23-19(2,3)4)22-17-12-10-8-6-5-7-9-11-15-21-16-13-14-20/h21-22H,1,5-13,15-17H2,2-4H3. The largest absolute Gasteiger partial charge is 0.474 e. The Morgan fingerprint density at radius 3 is 1.96 bits per heavy atom. The van der Waals surface area contributed by atoms with Gasteiger partial charge in [0, 0.05) is 19.5 Å². The van der Waals surface area contributed by atoms with Crippen LogP contribution in [0.3, 0.4) is 0 Å². The smallest absolute Gasteiger partial charge is 0.179 e. The second-order valence-electron chi connectivity index (χ2n) is 7.05. The minimum Gasteiger partial charge on any atom is -0.474 e. The molecule has 0 aliphatic heterocycles. The van der Waals surface area contributed by atoms with Crippen molar-refractivity contribution in [3.8, 4) is 6.07 Å². The molecule has 0 aliphatic rings. The summed E-state index contributed by atoms with van der Waals surface area (Å²) in [6, 6.07) is 2.14. The van der Waals surface area contributed by atoms with Crippen LogP contribution in [0.5, 0.6) is 0 Å². The predicted molar refractivity (Wildman–Crippen MR) is 98.0 cm³/mol. The van der Waals surface area contributed by atoms with E-state index in [1.165, 1.54) is 51.4 Å². The van der Waals surface area contributed by atoms with Gasteiger partial charge >= 0.3 is 0 Å². The normalized spacial score (nSPS) is 11.0. The van der Waals surface area contributed by atoms with Crippen LogP contribution in [-0.2, 0) is 4.74 Å². The molecule has 0 aliphatic carbocycles. The molecule has 134 valence electrons. The molecule has 0 heterocycles. The van der Waals surface area contributed by atoms with Gasteiger partial charge in [0.1, 0.15) is 5.60 Å². The highest BCUT2D eigenvalue weighted by atomic mass is 16.5. The molecule has 0 aromatic heterocycles.